The van der Waals surface area contributed by atoms with Gasteiger partial charge in [0, 0.05) is 22.6 Å². The van der Waals surface area contributed by atoms with Crippen molar-refractivity contribution in [2.75, 3.05) is 0 Å². The van der Waals surface area contributed by atoms with Crippen molar-refractivity contribution in [1.29, 1.82) is 0 Å². The number of isothiocyanates is 1. The Labute approximate surface area is 194 Å². The van der Waals surface area contributed by atoms with Crippen LogP contribution in [0.2, 0.25) is 0 Å². The van der Waals surface area contributed by atoms with Crippen LogP contribution < -0.4 is 0 Å². The summed E-state index contributed by atoms with van der Waals surface area (Å²) in [6.07, 6.45) is 11.8. The summed E-state index contributed by atoms with van der Waals surface area (Å²) in [4.78, 5) is 3.40. The lowest BCUT2D eigenvalue weighted by atomic mass is 9.80. The summed E-state index contributed by atoms with van der Waals surface area (Å²) in [5.74, 6) is 12.1. The number of halogens is 2. The lowest BCUT2D eigenvalue weighted by Crippen LogP contribution is -2.13. The van der Waals surface area contributed by atoms with Crippen LogP contribution in [0.5, 0.6) is 0 Å². The van der Waals surface area contributed by atoms with Crippen LogP contribution in [0, 0.1) is 47.2 Å². The molecule has 1 aliphatic rings. The number of benzene rings is 2. The molecule has 0 N–H and O–H groups in total. The zero-order chi connectivity index (χ0) is 22.8. The smallest absolute Gasteiger partial charge is 0.153 e. The number of hydrogen-bond donors (Lipinski definition) is 0. The van der Waals surface area contributed by atoms with Gasteiger partial charge >= 0.3 is 0 Å². The Morgan fingerprint density at radius 2 is 1.53 bits per heavy atom. The Balaban J connectivity index is 1.58. The van der Waals surface area contributed by atoms with Crippen molar-refractivity contribution in [3.63, 3.8) is 0 Å². The molecule has 0 saturated heterocycles. The predicted octanol–water partition coefficient (Wildman–Crippen LogP) is 7.61. The van der Waals surface area contributed by atoms with E-state index in [0.29, 0.717) is 5.92 Å². The summed E-state index contributed by atoms with van der Waals surface area (Å²) < 4.78 is 27.8. The Hall–Kier alpha value is -3.04. The minimum atomic E-state index is -0.816. The maximum Gasteiger partial charge on any atom is 0.153 e. The van der Waals surface area contributed by atoms with Gasteiger partial charge in [0.15, 0.2) is 11.6 Å². The first-order valence-corrected chi connectivity index (χ1v) is 11.3. The summed E-state index contributed by atoms with van der Waals surface area (Å²) in [7, 11) is 0. The van der Waals surface area contributed by atoms with Crippen LogP contribution in [-0.2, 0) is 0 Å². The molecule has 1 aliphatic carbocycles. The van der Waals surface area contributed by atoms with Crippen LogP contribution in [0.4, 0.5) is 14.5 Å². The van der Waals surface area contributed by atoms with Crippen molar-refractivity contribution in [3.05, 3.63) is 76.9 Å². The van der Waals surface area contributed by atoms with E-state index in [-0.39, 0.29) is 5.56 Å². The molecule has 0 aliphatic heterocycles. The quantitative estimate of drug-likeness (QED) is 0.204. The Kier molecular flexibility index (Phi) is 8.94. The van der Waals surface area contributed by atoms with Gasteiger partial charge in [-0.05, 0) is 100.0 Å². The van der Waals surface area contributed by atoms with E-state index in [2.05, 4.69) is 60.0 Å². The minimum absolute atomic E-state index is 0.230. The van der Waals surface area contributed by atoms with Crippen molar-refractivity contribution < 1.29 is 8.78 Å². The molecule has 4 heteroatoms. The van der Waals surface area contributed by atoms with Crippen LogP contribution in [0.15, 0.2) is 53.5 Å². The lowest BCUT2D eigenvalue weighted by Gasteiger charge is -2.25. The van der Waals surface area contributed by atoms with E-state index in [1.807, 2.05) is 29.4 Å². The molecule has 0 aromatic heterocycles. The number of nitrogens with zero attached hydrogens (tertiary/aromatic N) is 1. The lowest BCUT2D eigenvalue weighted by molar-refractivity contribution is 0.303. The van der Waals surface area contributed by atoms with Gasteiger partial charge in [-0.3, -0.25) is 0 Å². The summed E-state index contributed by atoms with van der Waals surface area (Å²) >= 11 is 4.40. The summed E-state index contributed by atoms with van der Waals surface area (Å²) in [6, 6.07) is 9.86. The van der Waals surface area contributed by atoms with Crippen LogP contribution >= 0.6 is 12.2 Å². The fraction of sp³-hybridized carbons (Fsp3) is 0.321. The maximum absolute atomic E-state index is 13.9. The first-order chi connectivity index (χ1) is 15.6. The molecule has 162 valence electrons. The second-order valence-electron chi connectivity index (χ2n) is 7.95. The highest BCUT2D eigenvalue weighted by Crippen LogP contribution is 2.31. The summed E-state index contributed by atoms with van der Waals surface area (Å²) in [6.45, 7) is 2.08. The van der Waals surface area contributed by atoms with Crippen molar-refractivity contribution in [1.82, 2.24) is 0 Å². The van der Waals surface area contributed by atoms with Gasteiger partial charge in [0.1, 0.15) is 5.69 Å². The van der Waals surface area contributed by atoms with Gasteiger partial charge in [-0.25, -0.2) is 8.78 Å². The SMILES string of the molecule is C/C=C/CCC1CCC(C#Cc2ccc(C#Cc3cc(F)c(N=C=S)c(F)c3)cc2)CC1. The molecule has 0 amide bonds. The summed E-state index contributed by atoms with van der Waals surface area (Å²) in [5, 5.41) is 1.97. The van der Waals surface area contributed by atoms with Gasteiger partial charge < -0.3 is 0 Å². The number of hydrogen-bond acceptors (Lipinski definition) is 2. The molecular formula is C28H25F2NS. The monoisotopic (exact) mass is 445 g/mol. The highest BCUT2D eigenvalue weighted by molar-refractivity contribution is 7.78. The van der Waals surface area contributed by atoms with Crippen LogP contribution in [0.25, 0.3) is 0 Å². The van der Waals surface area contributed by atoms with E-state index in [1.54, 1.807) is 0 Å². The van der Waals surface area contributed by atoms with Gasteiger partial charge in [0.2, 0.25) is 0 Å². The molecule has 2 aromatic rings. The van der Waals surface area contributed by atoms with Gasteiger partial charge in [0.05, 0.1) is 5.16 Å². The van der Waals surface area contributed by atoms with Crippen LogP contribution in [-0.4, -0.2) is 5.16 Å². The van der Waals surface area contributed by atoms with Crippen molar-refractivity contribution in [3.8, 4) is 23.7 Å². The second kappa shape index (κ2) is 12.1. The standard InChI is InChI=1S/C28H25F2NS/c1-2-3-4-5-21-6-8-22(9-7-21)10-11-23-12-14-24(15-13-23)16-17-25-18-26(29)28(31-20-32)27(30)19-25/h2-3,12-15,18-19,21-22H,4-9H2,1H3/b3-2+. The third-order valence-electron chi connectivity index (χ3n) is 5.66. The topological polar surface area (TPSA) is 12.4 Å². The van der Waals surface area contributed by atoms with Crippen molar-refractivity contribution >= 4 is 23.1 Å². The van der Waals surface area contributed by atoms with E-state index in [0.717, 1.165) is 29.2 Å². The predicted molar refractivity (Wildman–Crippen MR) is 130 cm³/mol. The molecule has 1 nitrogen and oxygen atoms in total. The molecule has 1 fully saturated rings. The average molecular weight is 446 g/mol. The molecule has 0 atom stereocenters. The van der Waals surface area contributed by atoms with E-state index < -0.39 is 17.3 Å². The largest absolute Gasteiger partial charge is 0.204 e. The second-order valence-corrected chi connectivity index (χ2v) is 8.13. The van der Waals surface area contributed by atoms with Gasteiger partial charge in [-0.1, -0.05) is 35.8 Å². The normalized spacial score (nSPS) is 17.6. The third kappa shape index (κ3) is 7.00. The van der Waals surface area contributed by atoms with Gasteiger partial charge in [-0.15, -0.1) is 0 Å². The highest BCUT2D eigenvalue weighted by Gasteiger charge is 2.19. The Morgan fingerprint density at radius 3 is 2.12 bits per heavy atom. The van der Waals surface area contributed by atoms with E-state index in [9.17, 15) is 8.78 Å². The molecule has 0 heterocycles. The van der Waals surface area contributed by atoms with E-state index in [4.69, 9.17) is 0 Å². The Morgan fingerprint density at radius 1 is 0.938 bits per heavy atom. The molecule has 0 unspecified atom stereocenters. The van der Waals surface area contributed by atoms with Crippen LogP contribution in [0.3, 0.4) is 0 Å². The number of rotatable bonds is 4. The van der Waals surface area contributed by atoms with Crippen LogP contribution in [0.1, 0.15) is 62.1 Å². The fourth-order valence-corrected chi connectivity index (χ4v) is 3.94. The molecule has 0 spiro atoms. The first kappa shape index (κ1) is 23.6. The van der Waals surface area contributed by atoms with Gasteiger partial charge in [-0.2, -0.15) is 4.99 Å². The zero-order valence-corrected chi connectivity index (χ0v) is 18.9. The minimum Gasteiger partial charge on any atom is -0.204 e. The van der Waals surface area contributed by atoms with Crippen molar-refractivity contribution in [2.45, 2.75) is 45.4 Å². The Bertz CT molecular complexity index is 1100. The van der Waals surface area contributed by atoms with E-state index >= 15 is 0 Å². The number of thiocarbonyl (C=S) groups is 1. The summed E-state index contributed by atoms with van der Waals surface area (Å²) in [5.41, 5.74) is 1.48. The molecule has 2 aromatic carbocycles. The molecule has 32 heavy (non-hydrogen) atoms. The fourth-order valence-electron chi connectivity index (χ4n) is 3.85. The van der Waals surface area contributed by atoms with Gasteiger partial charge in [0.25, 0.3) is 0 Å². The molecule has 3 rings (SSSR count). The molecule has 0 radical (unpaired) electrons. The maximum atomic E-state index is 13.9. The molecular weight excluding hydrogens is 420 g/mol. The molecule has 0 bridgehead atoms. The van der Waals surface area contributed by atoms with E-state index in [1.165, 1.54) is 38.5 Å². The van der Waals surface area contributed by atoms with Crippen molar-refractivity contribution in [2.24, 2.45) is 16.8 Å². The highest BCUT2D eigenvalue weighted by atomic mass is 32.1. The first-order valence-electron chi connectivity index (χ1n) is 10.9. The zero-order valence-electron chi connectivity index (χ0n) is 18.1. The number of aliphatic imine (C=N–C) groups is 1. The third-order valence-corrected chi connectivity index (χ3v) is 5.75. The number of allylic oxidation sites excluding steroid dienone is 2. The molecule has 1 saturated carbocycles. The average Bonchev–Trinajstić information content (AvgIpc) is 2.80.